The van der Waals surface area contributed by atoms with Crippen molar-refractivity contribution < 1.29 is 19.1 Å². The molecule has 0 spiro atoms. The number of nitrogens with zero attached hydrogens (tertiary/aromatic N) is 1. The van der Waals surface area contributed by atoms with Gasteiger partial charge in [0.1, 0.15) is 17.7 Å². The number of ether oxygens (including phenoxy) is 1. The number of para-hydroxylation sites is 1. The molecule has 2 aromatic rings. The summed E-state index contributed by atoms with van der Waals surface area (Å²) in [5.41, 5.74) is 2.82. The van der Waals surface area contributed by atoms with Crippen LogP contribution in [-0.4, -0.2) is 40.0 Å². The zero-order chi connectivity index (χ0) is 29.7. The Morgan fingerprint density at radius 2 is 1.49 bits per heavy atom. The van der Waals surface area contributed by atoms with Gasteiger partial charge in [0.2, 0.25) is 5.91 Å². The molecule has 0 aliphatic rings. The Hall–Kier alpha value is -3.35. The molecule has 7 heteroatoms. The third kappa shape index (κ3) is 8.32. The monoisotopic (exact) mass is 537 g/mol. The van der Waals surface area contributed by atoms with Crippen LogP contribution in [0.15, 0.2) is 42.5 Å². The van der Waals surface area contributed by atoms with E-state index in [4.69, 9.17) is 4.74 Å². The van der Waals surface area contributed by atoms with Crippen molar-refractivity contribution in [3.8, 4) is 0 Å². The average Bonchev–Trinajstić information content (AvgIpc) is 2.81. The van der Waals surface area contributed by atoms with Gasteiger partial charge >= 0.3 is 6.09 Å². The summed E-state index contributed by atoms with van der Waals surface area (Å²) in [6.07, 6.45) is -0.0176. The molecule has 0 bridgehead atoms. The smallest absolute Gasteiger partial charge is 0.408 e. The third-order valence-corrected chi connectivity index (χ3v) is 6.96. The van der Waals surface area contributed by atoms with Gasteiger partial charge in [-0.15, -0.1) is 0 Å². The van der Waals surface area contributed by atoms with Gasteiger partial charge in [0.05, 0.1) is 0 Å². The number of rotatable bonds is 8. The maximum Gasteiger partial charge on any atom is 0.408 e. The van der Waals surface area contributed by atoms with Crippen LogP contribution in [0.25, 0.3) is 0 Å². The standard InChI is InChI=1S/C32H47N3O4/c1-12-20(2)26(34-30(38)39-32(9,10)11)29(37)35(31(6,7)8)27(24-18-15-17-21(3)23(24)5)28(36)33-25-19-14-13-16-22(25)4/h13-20,26-27H,12H2,1-11H3,(H,33,36)(H,34,38). The Bertz CT molecular complexity index is 1180. The van der Waals surface area contributed by atoms with Gasteiger partial charge in [0.15, 0.2) is 0 Å². The Balaban J connectivity index is 2.68. The summed E-state index contributed by atoms with van der Waals surface area (Å²) in [5.74, 6) is -0.858. The minimum Gasteiger partial charge on any atom is -0.444 e. The van der Waals surface area contributed by atoms with Gasteiger partial charge < -0.3 is 20.3 Å². The summed E-state index contributed by atoms with van der Waals surface area (Å²) in [5, 5.41) is 5.89. The number of carbonyl (C=O) groups is 3. The van der Waals surface area contributed by atoms with E-state index in [1.54, 1.807) is 25.7 Å². The minimum absolute atomic E-state index is 0.200. The first-order valence-corrected chi connectivity index (χ1v) is 13.7. The second-order valence-corrected chi connectivity index (χ2v) is 12.4. The van der Waals surface area contributed by atoms with Gasteiger partial charge in [-0.1, -0.05) is 56.7 Å². The van der Waals surface area contributed by atoms with E-state index >= 15 is 0 Å². The van der Waals surface area contributed by atoms with Crippen molar-refractivity contribution in [1.29, 1.82) is 0 Å². The molecule has 0 heterocycles. The second-order valence-electron chi connectivity index (χ2n) is 12.4. The van der Waals surface area contributed by atoms with Crippen LogP contribution in [0, 0.1) is 26.7 Å². The average molecular weight is 538 g/mol. The maximum atomic E-state index is 14.5. The van der Waals surface area contributed by atoms with Crippen molar-refractivity contribution in [2.24, 2.45) is 5.92 Å². The van der Waals surface area contributed by atoms with Gasteiger partial charge in [0.25, 0.3) is 5.91 Å². The van der Waals surface area contributed by atoms with Crippen LogP contribution < -0.4 is 10.6 Å². The molecule has 0 aromatic heterocycles. The molecule has 0 saturated carbocycles. The lowest BCUT2D eigenvalue weighted by Crippen LogP contribution is -2.59. The van der Waals surface area contributed by atoms with Crippen LogP contribution in [0.1, 0.15) is 90.1 Å². The highest BCUT2D eigenvalue weighted by molar-refractivity contribution is 6.00. The minimum atomic E-state index is -0.941. The zero-order valence-corrected chi connectivity index (χ0v) is 25.6. The topological polar surface area (TPSA) is 87.7 Å². The van der Waals surface area contributed by atoms with E-state index in [9.17, 15) is 14.4 Å². The Morgan fingerprint density at radius 3 is 2.03 bits per heavy atom. The van der Waals surface area contributed by atoms with Crippen LogP contribution in [0.3, 0.4) is 0 Å². The SMILES string of the molecule is CCC(C)C(NC(=O)OC(C)(C)C)C(=O)N(C(C(=O)Nc1ccccc1C)c1cccc(C)c1C)C(C)(C)C. The van der Waals surface area contributed by atoms with Crippen LogP contribution >= 0.6 is 0 Å². The van der Waals surface area contributed by atoms with Crippen LogP contribution in [-0.2, 0) is 14.3 Å². The highest BCUT2D eigenvalue weighted by Crippen LogP contribution is 2.34. The number of nitrogens with one attached hydrogen (secondary N) is 2. The second kappa shape index (κ2) is 12.7. The highest BCUT2D eigenvalue weighted by Gasteiger charge is 2.43. The van der Waals surface area contributed by atoms with Gasteiger partial charge in [-0.25, -0.2) is 4.79 Å². The Morgan fingerprint density at radius 1 is 0.897 bits per heavy atom. The summed E-state index contributed by atoms with van der Waals surface area (Å²) >= 11 is 0. The van der Waals surface area contributed by atoms with E-state index in [0.717, 1.165) is 22.3 Å². The Labute approximate surface area is 234 Å². The first-order valence-electron chi connectivity index (χ1n) is 13.7. The van der Waals surface area contributed by atoms with E-state index in [-0.39, 0.29) is 17.7 Å². The van der Waals surface area contributed by atoms with Crippen molar-refractivity contribution in [2.75, 3.05) is 5.32 Å². The van der Waals surface area contributed by atoms with E-state index in [2.05, 4.69) is 10.6 Å². The molecule has 0 fully saturated rings. The van der Waals surface area contributed by atoms with E-state index in [0.29, 0.717) is 12.1 Å². The number of benzene rings is 2. The molecule has 2 N–H and O–H groups in total. The van der Waals surface area contributed by atoms with Crippen molar-refractivity contribution in [2.45, 2.75) is 106 Å². The number of hydrogen-bond acceptors (Lipinski definition) is 4. The fourth-order valence-corrected chi connectivity index (χ4v) is 4.49. The summed E-state index contributed by atoms with van der Waals surface area (Å²) in [6, 6.07) is 11.5. The third-order valence-electron chi connectivity index (χ3n) is 6.96. The number of hydrogen-bond donors (Lipinski definition) is 2. The summed E-state index contributed by atoms with van der Waals surface area (Å²) in [4.78, 5) is 43.1. The van der Waals surface area contributed by atoms with Crippen molar-refractivity contribution in [1.82, 2.24) is 10.2 Å². The molecule has 7 nitrogen and oxygen atoms in total. The van der Waals surface area contributed by atoms with Gasteiger partial charge in [-0.3, -0.25) is 9.59 Å². The first-order chi connectivity index (χ1) is 18.0. The molecule has 2 aromatic carbocycles. The number of carbonyl (C=O) groups excluding carboxylic acids is 3. The fraction of sp³-hybridized carbons (Fsp3) is 0.531. The molecule has 39 heavy (non-hydrogen) atoms. The molecular formula is C32H47N3O4. The molecule has 0 saturated heterocycles. The number of alkyl carbamates (subject to hydrolysis) is 1. The molecule has 0 radical (unpaired) electrons. The largest absolute Gasteiger partial charge is 0.444 e. The van der Waals surface area contributed by atoms with Crippen molar-refractivity contribution in [3.05, 3.63) is 64.7 Å². The van der Waals surface area contributed by atoms with Crippen LogP contribution in [0.2, 0.25) is 0 Å². The van der Waals surface area contributed by atoms with Crippen LogP contribution in [0.4, 0.5) is 10.5 Å². The molecular weight excluding hydrogens is 490 g/mol. The van der Waals surface area contributed by atoms with Gasteiger partial charge in [-0.2, -0.15) is 0 Å². The molecule has 2 rings (SSSR count). The van der Waals surface area contributed by atoms with Gasteiger partial charge in [0, 0.05) is 11.2 Å². The Kier molecular flexibility index (Phi) is 10.4. The van der Waals surface area contributed by atoms with E-state index < -0.39 is 29.3 Å². The normalized spacial score (nSPS) is 14.1. The summed E-state index contributed by atoms with van der Waals surface area (Å²) in [7, 11) is 0. The predicted molar refractivity (Wildman–Crippen MR) is 158 cm³/mol. The molecule has 3 atom stereocenters. The molecule has 3 unspecified atom stereocenters. The fourth-order valence-electron chi connectivity index (χ4n) is 4.49. The lowest BCUT2D eigenvalue weighted by atomic mass is 9.89. The lowest BCUT2D eigenvalue weighted by molar-refractivity contribution is -0.148. The number of amides is 3. The molecule has 0 aliphatic heterocycles. The summed E-state index contributed by atoms with van der Waals surface area (Å²) in [6.45, 7) is 20.8. The first kappa shape index (κ1) is 31.9. The zero-order valence-electron chi connectivity index (χ0n) is 25.6. The number of aryl methyl sites for hydroxylation is 2. The van der Waals surface area contributed by atoms with E-state index in [1.165, 1.54) is 0 Å². The maximum absolute atomic E-state index is 14.5. The summed E-state index contributed by atoms with van der Waals surface area (Å²) < 4.78 is 5.50. The van der Waals surface area contributed by atoms with Crippen LogP contribution in [0.5, 0.6) is 0 Å². The van der Waals surface area contributed by atoms with Crippen molar-refractivity contribution >= 4 is 23.6 Å². The van der Waals surface area contributed by atoms with E-state index in [1.807, 2.05) is 97.9 Å². The molecule has 214 valence electrons. The lowest BCUT2D eigenvalue weighted by Gasteiger charge is -2.44. The number of anilines is 1. The van der Waals surface area contributed by atoms with Gasteiger partial charge in [-0.05, 0) is 96.6 Å². The molecule has 0 aliphatic carbocycles. The highest BCUT2D eigenvalue weighted by atomic mass is 16.6. The predicted octanol–water partition coefficient (Wildman–Crippen LogP) is 6.86. The van der Waals surface area contributed by atoms with Crippen molar-refractivity contribution in [3.63, 3.8) is 0 Å². The quantitative estimate of drug-likeness (QED) is 0.385. The molecule has 3 amide bonds.